The Morgan fingerprint density at radius 1 is 1.44 bits per heavy atom. The number of rotatable bonds is 6. The number of likely N-dealkylation sites (N-methyl/N-ethyl adjacent to an activating group) is 1. The fraction of sp³-hybridized carbons (Fsp3) is 0.583. The molecule has 1 aromatic rings. The molecule has 0 saturated carbocycles. The molecule has 0 bridgehead atoms. The fourth-order valence-corrected chi connectivity index (χ4v) is 2.75. The number of aryl methyl sites for hydroxylation is 1. The number of carboxylic acids is 1. The molecule has 0 saturated heterocycles. The van der Waals surface area contributed by atoms with Gasteiger partial charge < -0.3 is 5.11 Å². The van der Waals surface area contributed by atoms with Crippen molar-refractivity contribution in [1.29, 1.82) is 0 Å². The molecule has 1 rings (SSSR count). The van der Waals surface area contributed by atoms with Crippen molar-refractivity contribution in [2.24, 2.45) is 0 Å². The van der Waals surface area contributed by atoms with Crippen molar-refractivity contribution in [2.45, 2.75) is 39.3 Å². The maximum atomic E-state index is 11.0. The summed E-state index contributed by atoms with van der Waals surface area (Å²) < 4.78 is 0. The van der Waals surface area contributed by atoms with E-state index in [2.05, 4.69) is 19.1 Å². The van der Waals surface area contributed by atoms with Gasteiger partial charge in [-0.15, -0.1) is 11.3 Å². The monoisotopic (exact) mass is 241 g/mol. The maximum absolute atomic E-state index is 11.0. The average Bonchev–Trinajstić information content (AvgIpc) is 2.65. The summed E-state index contributed by atoms with van der Waals surface area (Å²) in [6, 6.07) is 3.83. The number of carboxylic acid groups (broad SMARTS) is 1. The van der Waals surface area contributed by atoms with Gasteiger partial charge in [-0.05, 0) is 32.0 Å². The second-order valence-corrected chi connectivity index (χ2v) is 5.15. The molecule has 4 heteroatoms. The molecular weight excluding hydrogens is 222 g/mol. The van der Waals surface area contributed by atoms with Crippen molar-refractivity contribution >= 4 is 17.3 Å². The van der Waals surface area contributed by atoms with Crippen LogP contribution >= 0.6 is 11.3 Å². The van der Waals surface area contributed by atoms with Gasteiger partial charge in [-0.3, -0.25) is 9.69 Å². The van der Waals surface area contributed by atoms with Gasteiger partial charge >= 0.3 is 5.97 Å². The van der Waals surface area contributed by atoms with E-state index in [0.29, 0.717) is 6.42 Å². The SMILES string of the molecule is CCc1ccc(CN(C)C(CC)C(=O)O)s1. The first-order valence-corrected chi connectivity index (χ1v) is 6.40. The lowest BCUT2D eigenvalue weighted by Crippen LogP contribution is -2.37. The van der Waals surface area contributed by atoms with Crippen LogP contribution in [0.3, 0.4) is 0 Å². The zero-order valence-electron chi connectivity index (χ0n) is 10.1. The van der Waals surface area contributed by atoms with Gasteiger partial charge in [-0.25, -0.2) is 0 Å². The number of aliphatic carboxylic acids is 1. The minimum absolute atomic E-state index is 0.382. The molecule has 90 valence electrons. The van der Waals surface area contributed by atoms with E-state index in [1.807, 2.05) is 18.9 Å². The van der Waals surface area contributed by atoms with Crippen LogP contribution in [0.25, 0.3) is 0 Å². The van der Waals surface area contributed by atoms with Crippen molar-refractivity contribution in [3.05, 3.63) is 21.9 Å². The van der Waals surface area contributed by atoms with E-state index in [9.17, 15) is 4.79 Å². The Kier molecular flexibility index (Phi) is 4.96. The van der Waals surface area contributed by atoms with Crippen LogP contribution in [0.2, 0.25) is 0 Å². The van der Waals surface area contributed by atoms with Crippen LogP contribution in [0.5, 0.6) is 0 Å². The molecule has 0 aliphatic heterocycles. The predicted molar refractivity (Wildman–Crippen MR) is 66.9 cm³/mol. The normalized spacial score (nSPS) is 13.0. The molecule has 1 heterocycles. The van der Waals surface area contributed by atoms with Crippen LogP contribution in [-0.4, -0.2) is 29.1 Å². The highest BCUT2D eigenvalue weighted by Crippen LogP contribution is 2.19. The molecule has 0 fully saturated rings. The van der Waals surface area contributed by atoms with Crippen molar-refractivity contribution in [3.63, 3.8) is 0 Å². The van der Waals surface area contributed by atoms with Gasteiger partial charge in [0.15, 0.2) is 0 Å². The third-order valence-corrected chi connectivity index (χ3v) is 3.89. The van der Waals surface area contributed by atoms with Gasteiger partial charge in [0.25, 0.3) is 0 Å². The Morgan fingerprint density at radius 2 is 2.06 bits per heavy atom. The Morgan fingerprint density at radius 3 is 2.50 bits per heavy atom. The summed E-state index contributed by atoms with van der Waals surface area (Å²) >= 11 is 1.77. The van der Waals surface area contributed by atoms with Crippen LogP contribution in [-0.2, 0) is 17.8 Å². The largest absolute Gasteiger partial charge is 0.480 e. The Bertz CT molecular complexity index is 349. The van der Waals surface area contributed by atoms with Gasteiger partial charge in [-0.2, -0.15) is 0 Å². The van der Waals surface area contributed by atoms with E-state index in [1.165, 1.54) is 9.75 Å². The Balaban J connectivity index is 2.62. The van der Waals surface area contributed by atoms with Gasteiger partial charge in [-0.1, -0.05) is 13.8 Å². The molecule has 1 aromatic heterocycles. The smallest absolute Gasteiger partial charge is 0.320 e. The van der Waals surface area contributed by atoms with Gasteiger partial charge in [0.05, 0.1) is 0 Å². The molecule has 0 radical (unpaired) electrons. The lowest BCUT2D eigenvalue weighted by molar-refractivity contribution is -0.143. The fourth-order valence-electron chi connectivity index (χ4n) is 1.73. The van der Waals surface area contributed by atoms with Crippen LogP contribution in [0.1, 0.15) is 30.0 Å². The Labute approximate surface area is 101 Å². The second kappa shape index (κ2) is 6.01. The zero-order chi connectivity index (χ0) is 12.1. The van der Waals surface area contributed by atoms with Crippen LogP contribution in [0, 0.1) is 0 Å². The molecule has 0 amide bonds. The predicted octanol–water partition coefficient (Wildman–Crippen LogP) is 2.61. The van der Waals surface area contributed by atoms with E-state index in [4.69, 9.17) is 5.11 Å². The molecule has 0 aliphatic carbocycles. The minimum atomic E-state index is -0.739. The summed E-state index contributed by atoms with van der Waals surface area (Å²) in [7, 11) is 1.87. The van der Waals surface area contributed by atoms with Crippen molar-refractivity contribution in [3.8, 4) is 0 Å². The molecule has 3 nitrogen and oxygen atoms in total. The van der Waals surface area contributed by atoms with Crippen molar-refractivity contribution < 1.29 is 9.90 Å². The van der Waals surface area contributed by atoms with E-state index in [1.54, 1.807) is 11.3 Å². The molecule has 1 atom stereocenters. The lowest BCUT2D eigenvalue weighted by atomic mass is 10.2. The molecule has 1 N–H and O–H groups in total. The molecular formula is C12H19NO2S. The number of hydrogen-bond acceptors (Lipinski definition) is 3. The quantitative estimate of drug-likeness (QED) is 0.832. The lowest BCUT2D eigenvalue weighted by Gasteiger charge is -2.22. The molecule has 16 heavy (non-hydrogen) atoms. The third-order valence-electron chi connectivity index (χ3n) is 2.67. The highest BCUT2D eigenvalue weighted by molar-refractivity contribution is 7.11. The third kappa shape index (κ3) is 3.32. The highest BCUT2D eigenvalue weighted by atomic mass is 32.1. The topological polar surface area (TPSA) is 40.5 Å². The number of thiophene rings is 1. The van der Waals surface area contributed by atoms with Gasteiger partial charge in [0.2, 0.25) is 0 Å². The first kappa shape index (κ1) is 13.2. The second-order valence-electron chi connectivity index (χ2n) is 3.90. The van der Waals surface area contributed by atoms with E-state index >= 15 is 0 Å². The minimum Gasteiger partial charge on any atom is -0.480 e. The molecule has 0 spiro atoms. The molecule has 0 aliphatic rings. The molecule has 0 aromatic carbocycles. The van der Waals surface area contributed by atoms with E-state index in [-0.39, 0.29) is 6.04 Å². The van der Waals surface area contributed by atoms with E-state index < -0.39 is 5.97 Å². The summed E-state index contributed by atoms with van der Waals surface area (Å²) in [5, 5.41) is 9.03. The Hall–Kier alpha value is -0.870. The highest BCUT2D eigenvalue weighted by Gasteiger charge is 2.20. The van der Waals surface area contributed by atoms with Crippen molar-refractivity contribution in [2.75, 3.05) is 7.05 Å². The van der Waals surface area contributed by atoms with Crippen LogP contribution in [0.15, 0.2) is 12.1 Å². The summed E-state index contributed by atoms with van der Waals surface area (Å²) in [4.78, 5) is 15.5. The summed E-state index contributed by atoms with van der Waals surface area (Å²) in [5.74, 6) is -0.739. The average molecular weight is 241 g/mol. The molecule has 1 unspecified atom stereocenters. The maximum Gasteiger partial charge on any atom is 0.320 e. The zero-order valence-corrected chi connectivity index (χ0v) is 10.9. The number of hydrogen-bond donors (Lipinski definition) is 1. The summed E-state index contributed by atoms with van der Waals surface area (Å²) in [6.45, 7) is 4.75. The van der Waals surface area contributed by atoms with Crippen LogP contribution in [0.4, 0.5) is 0 Å². The standard InChI is InChI=1S/C12H19NO2S/c1-4-9-6-7-10(16-9)8-13(3)11(5-2)12(14)15/h6-7,11H,4-5,8H2,1-3H3,(H,14,15). The van der Waals surface area contributed by atoms with Crippen molar-refractivity contribution in [1.82, 2.24) is 4.90 Å². The van der Waals surface area contributed by atoms with Crippen LogP contribution < -0.4 is 0 Å². The van der Waals surface area contributed by atoms with Gasteiger partial charge in [0, 0.05) is 16.3 Å². The number of nitrogens with zero attached hydrogens (tertiary/aromatic N) is 1. The first-order valence-electron chi connectivity index (χ1n) is 5.59. The van der Waals surface area contributed by atoms with E-state index in [0.717, 1.165) is 13.0 Å². The summed E-state index contributed by atoms with van der Waals surface area (Å²) in [6.07, 6.45) is 1.68. The number of carbonyl (C=O) groups is 1. The summed E-state index contributed by atoms with van der Waals surface area (Å²) in [5.41, 5.74) is 0. The van der Waals surface area contributed by atoms with Gasteiger partial charge in [0.1, 0.15) is 6.04 Å². The first-order chi connectivity index (χ1) is 7.58.